The Balaban J connectivity index is 2.52. The van der Waals surface area contributed by atoms with Crippen molar-refractivity contribution in [2.75, 3.05) is 6.61 Å². The summed E-state index contributed by atoms with van der Waals surface area (Å²) >= 11 is 0. The highest BCUT2D eigenvalue weighted by Crippen LogP contribution is 2.24. The Bertz CT molecular complexity index is 615. The summed E-state index contributed by atoms with van der Waals surface area (Å²) in [5.41, 5.74) is 3.55. The van der Waals surface area contributed by atoms with Crippen LogP contribution in [-0.4, -0.2) is 22.4 Å². The van der Waals surface area contributed by atoms with E-state index < -0.39 is 0 Å². The molecule has 0 aliphatic heterocycles. The van der Waals surface area contributed by atoms with Gasteiger partial charge in [-0.2, -0.15) is 5.10 Å². The number of esters is 1. The molecule has 0 bridgehead atoms. The van der Waals surface area contributed by atoms with Gasteiger partial charge in [-0.1, -0.05) is 26.0 Å². The molecule has 0 fully saturated rings. The minimum Gasteiger partial charge on any atom is -0.462 e. The van der Waals surface area contributed by atoms with Crippen molar-refractivity contribution in [2.24, 2.45) is 0 Å². The van der Waals surface area contributed by atoms with Gasteiger partial charge in [0.05, 0.1) is 24.2 Å². The van der Waals surface area contributed by atoms with E-state index in [0.717, 1.165) is 16.9 Å². The SMILES string of the molecule is CCOC(=O)c1cnn(-c2cccc(C)c2)c1C(C)C. The van der Waals surface area contributed by atoms with Gasteiger partial charge < -0.3 is 4.74 Å². The van der Waals surface area contributed by atoms with Crippen LogP contribution in [0.5, 0.6) is 0 Å². The normalized spacial score (nSPS) is 10.8. The van der Waals surface area contributed by atoms with Crippen molar-refractivity contribution in [3.05, 3.63) is 47.3 Å². The Morgan fingerprint density at radius 1 is 1.40 bits per heavy atom. The summed E-state index contributed by atoms with van der Waals surface area (Å²) in [7, 11) is 0. The van der Waals surface area contributed by atoms with Crippen LogP contribution in [0.1, 0.15) is 48.3 Å². The number of hydrogen-bond acceptors (Lipinski definition) is 3. The Kier molecular flexibility index (Phi) is 4.23. The number of benzene rings is 1. The first-order valence-corrected chi connectivity index (χ1v) is 6.86. The van der Waals surface area contributed by atoms with E-state index in [4.69, 9.17) is 4.74 Å². The maximum atomic E-state index is 12.0. The van der Waals surface area contributed by atoms with Gasteiger partial charge in [-0.3, -0.25) is 0 Å². The van der Waals surface area contributed by atoms with Crippen molar-refractivity contribution in [3.63, 3.8) is 0 Å². The maximum Gasteiger partial charge on any atom is 0.341 e. The van der Waals surface area contributed by atoms with Gasteiger partial charge in [-0.15, -0.1) is 0 Å². The van der Waals surface area contributed by atoms with Crippen molar-refractivity contribution in [2.45, 2.75) is 33.6 Å². The molecule has 4 nitrogen and oxygen atoms in total. The molecular weight excluding hydrogens is 252 g/mol. The lowest BCUT2D eigenvalue weighted by Crippen LogP contribution is -2.11. The van der Waals surface area contributed by atoms with Crippen LogP contribution in [0.4, 0.5) is 0 Å². The molecule has 0 spiro atoms. The Labute approximate surface area is 119 Å². The predicted octanol–water partition coefficient (Wildman–Crippen LogP) is 3.48. The fourth-order valence-electron chi connectivity index (χ4n) is 2.25. The van der Waals surface area contributed by atoms with Crippen LogP contribution in [0.3, 0.4) is 0 Å². The van der Waals surface area contributed by atoms with Crippen LogP contribution in [0.25, 0.3) is 5.69 Å². The number of ether oxygens (including phenoxy) is 1. The largest absolute Gasteiger partial charge is 0.462 e. The molecule has 0 saturated heterocycles. The maximum absolute atomic E-state index is 12.0. The molecule has 0 atom stereocenters. The summed E-state index contributed by atoms with van der Waals surface area (Å²) in [4.78, 5) is 12.0. The summed E-state index contributed by atoms with van der Waals surface area (Å²) in [6, 6.07) is 8.06. The molecule has 0 N–H and O–H groups in total. The van der Waals surface area contributed by atoms with Crippen molar-refractivity contribution < 1.29 is 9.53 Å². The first-order valence-electron chi connectivity index (χ1n) is 6.86. The number of aromatic nitrogens is 2. The minimum atomic E-state index is -0.310. The second-order valence-electron chi connectivity index (χ2n) is 5.07. The third-order valence-electron chi connectivity index (χ3n) is 3.09. The van der Waals surface area contributed by atoms with Gasteiger partial charge in [-0.05, 0) is 37.5 Å². The van der Waals surface area contributed by atoms with E-state index in [2.05, 4.69) is 5.10 Å². The van der Waals surface area contributed by atoms with Gasteiger partial charge in [0.1, 0.15) is 5.56 Å². The number of carbonyl (C=O) groups excluding carboxylic acids is 1. The van der Waals surface area contributed by atoms with E-state index in [0.29, 0.717) is 12.2 Å². The molecule has 0 saturated carbocycles. The quantitative estimate of drug-likeness (QED) is 0.800. The molecule has 0 aliphatic rings. The van der Waals surface area contributed by atoms with E-state index in [1.807, 2.05) is 49.7 Å². The number of hydrogen-bond donors (Lipinski definition) is 0. The lowest BCUT2D eigenvalue weighted by atomic mass is 10.1. The van der Waals surface area contributed by atoms with Crippen LogP contribution in [-0.2, 0) is 4.74 Å². The van der Waals surface area contributed by atoms with Crippen LogP contribution in [0, 0.1) is 6.92 Å². The molecule has 0 aliphatic carbocycles. The topological polar surface area (TPSA) is 44.1 Å². The van der Waals surface area contributed by atoms with E-state index in [1.165, 1.54) is 0 Å². The smallest absolute Gasteiger partial charge is 0.341 e. The second-order valence-corrected chi connectivity index (χ2v) is 5.07. The second kappa shape index (κ2) is 5.90. The monoisotopic (exact) mass is 272 g/mol. The zero-order valence-corrected chi connectivity index (χ0v) is 12.4. The minimum absolute atomic E-state index is 0.178. The molecular formula is C16H20N2O2. The molecule has 1 aromatic carbocycles. The first-order chi connectivity index (χ1) is 9.54. The summed E-state index contributed by atoms with van der Waals surface area (Å²) in [6.07, 6.45) is 1.59. The van der Waals surface area contributed by atoms with E-state index in [-0.39, 0.29) is 11.9 Å². The van der Waals surface area contributed by atoms with Crippen LogP contribution >= 0.6 is 0 Å². The molecule has 2 aromatic rings. The van der Waals surface area contributed by atoms with Gasteiger partial charge in [-0.25, -0.2) is 9.48 Å². The number of carbonyl (C=O) groups is 1. The predicted molar refractivity (Wildman–Crippen MR) is 78.3 cm³/mol. The molecule has 0 radical (unpaired) electrons. The fraction of sp³-hybridized carbons (Fsp3) is 0.375. The fourth-order valence-corrected chi connectivity index (χ4v) is 2.25. The highest BCUT2D eigenvalue weighted by atomic mass is 16.5. The zero-order chi connectivity index (χ0) is 14.7. The molecule has 106 valence electrons. The van der Waals surface area contributed by atoms with Crippen LogP contribution in [0.15, 0.2) is 30.5 Å². The van der Waals surface area contributed by atoms with E-state index in [1.54, 1.807) is 13.1 Å². The van der Waals surface area contributed by atoms with Crippen molar-refractivity contribution in [1.82, 2.24) is 9.78 Å². The number of rotatable bonds is 4. The standard InChI is InChI=1S/C16H20N2O2/c1-5-20-16(19)14-10-17-18(15(14)11(2)3)13-8-6-7-12(4)9-13/h6-11H,5H2,1-4H3. The van der Waals surface area contributed by atoms with Crippen molar-refractivity contribution >= 4 is 5.97 Å². The third kappa shape index (κ3) is 2.74. The highest BCUT2D eigenvalue weighted by Gasteiger charge is 2.21. The average molecular weight is 272 g/mol. The molecule has 1 heterocycles. The average Bonchev–Trinajstić information content (AvgIpc) is 2.83. The van der Waals surface area contributed by atoms with Gasteiger partial charge in [0.25, 0.3) is 0 Å². The van der Waals surface area contributed by atoms with Gasteiger partial charge >= 0.3 is 5.97 Å². The molecule has 4 heteroatoms. The Morgan fingerprint density at radius 2 is 2.15 bits per heavy atom. The van der Waals surface area contributed by atoms with Gasteiger partial charge in [0, 0.05) is 0 Å². The van der Waals surface area contributed by atoms with Crippen molar-refractivity contribution in [3.8, 4) is 5.69 Å². The van der Waals surface area contributed by atoms with E-state index in [9.17, 15) is 4.79 Å². The summed E-state index contributed by atoms with van der Waals surface area (Å²) in [5, 5.41) is 4.37. The molecule has 0 unspecified atom stereocenters. The van der Waals surface area contributed by atoms with Crippen molar-refractivity contribution in [1.29, 1.82) is 0 Å². The highest BCUT2D eigenvalue weighted by molar-refractivity contribution is 5.90. The van der Waals surface area contributed by atoms with Gasteiger partial charge in [0.15, 0.2) is 0 Å². The number of aryl methyl sites for hydroxylation is 1. The Hall–Kier alpha value is -2.10. The Morgan fingerprint density at radius 3 is 2.75 bits per heavy atom. The zero-order valence-electron chi connectivity index (χ0n) is 12.4. The first kappa shape index (κ1) is 14.3. The summed E-state index contributed by atoms with van der Waals surface area (Å²) in [5.74, 6) is -0.132. The molecule has 2 rings (SSSR count). The molecule has 0 amide bonds. The van der Waals surface area contributed by atoms with E-state index >= 15 is 0 Å². The molecule has 20 heavy (non-hydrogen) atoms. The lowest BCUT2D eigenvalue weighted by molar-refractivity contribution is 0.0524. The van der Waals surface area contributed by atoms with Crippen LogP contribution < -0.4 is 0 Å². The number of nitrogens with zero attached hydrogens (tertiary/aromatic N) is 2. The summed E-state index contributed by atoms with van der Waals surface area (Å²) < 4.78 is 6.92. The molecule has 1 aromatic heterocycles. The summed E-state index contributed by atoms with van der Waals surface area (Å²) in [6.45, 7) is 8.30. The third-order valence-corrected chi connectivity index (χ3v) is 3.09. The lowest BCUT2D eigenvalue weighted by Gasteiger charge is -2.12. The van der Waals surface area contributed by atoms with Crippen LogP contribution in [0.2, 0.25) is 0 Å². The van der Waals surface area contributed by atoms with Gasteiger partial charge in [0.2, 0.25) is 0 Å².